The molecule has 44 heavy (non-hydrogen) atoms. The zero-order chi connectivity index (χ0) is 31.4. The van der Waals surface area contributed by atoms with E-state index in [9.17, 15) is 24.0 Å². The molecule has 1 aliphatic heterocycles. The number of hydrogen-bond acceptors (Lipinski definition) is 7. The normalized spacial score (nSPS) is 14.3. The molecule has 0 unspecified atom stereocenters. The van der Waals surface area contributed by atoms with Gasteiger partial charge >= 0.3 is 11.9 Å². The Labute approximate surface area is 267 Å². The van der Waals surface area contributed by atoms with E-state index in [0.29, 0.717) is 21.3 Å². The maximum absolute atomic E-state index is 13.2. The first-order valence-corrected chi connectivity index (χ1v) is 14.4. The maximum atomic E-state index is 13.2. The molecular formula is C33H22Cl3NO7. The van der Waals surface area contributed by atoms with Crippen molar-refractivity contribution in [2.24, 2.45) is 5.92 Å². The van der Waals surface area contributed by atoms with Crippen LogP contribution < -0.4 is 9.64 Å². The number of ether oxygens (including phenoxy) is 2. The van der Waals surface area contributed by atoms with Crippen molar-refractivity contribution in [1.82, 2.24) is 0 Å². The van der Waals surface area contributed by atoms with Gasteiger partial charge in [0.05, 0.1) is 22.2 Å². The fraction of sp³-hybridized carbons (Fsp3) is 0.121. The van der Waals surface area contributed by atoms with Gasteiger partial charge in [-0.05, 0) is 60.7 Å². The van der Waals surface area contributed by atoms with Crippen LogP contribution in [0.5, 0.6) is 5.75 Å². The fourth-order valence-electron chi connectivity index (χ4n) is 4.63. The number of halogens is 3. The summed E-state index contributed by atoms with van der Waals surface area (Å²) in [6.07, 6.45) is -0.147. The van der Waals surface area contributed by atoms with E-state index in [2.05, 4.69) is 0 Å². The van der Waals surface area contributed by atoms with E-state index in [-0.39, 0.29) is 52.1 Å². The van der Waals surface area contributed by atoms with Crippen molar-refractivity contribution in [3.8, 4) is 5.75 Å². The van der Waals surface area contributed by atoms with Crippen LogP contribution in [0.15, 0.2) is 91.0 Å². The Morgan fingerprint density at radius 3 is 2.16 bits per heavy atom. The zero-order valence-electron chi connectivity index (χ0n) is 22.8. The molecule has 8 nitrogen and oxygen atoms in total. The van der Waals surface area contributed by atoms with Crippen LogP contribution in [0.25, 0.3) is 0 Å². The summed E-state index contributed by atoms with van der Waals surface area (Å²) in [5.74, 6) is -3.26. The van der Waals surface area contributed by atoms with Crippen molar-refractivity contribution in [3.05, 3.63) is 128 Å². The Morgan fingerprint density at radius 2 is 1.45 bits per heavy atom. The molecule has 1 aliphatic rings. The molecule has 0 spiro atoms. The number of carbonyl (C=O) groups excluding carboxylic acids is 5. The summed E-state index contributed by atoms with van der Waals surface area (Å²) >= 11 is 18.1. The van der Waals surface area contributed by atoms with Gasteiger partial charge in [-0.2, -0.15) is 0 Å². The average Bonchev–Trinajstić information content (AvgIpc) is 3.41. The average molecular weight is 651 g/mol. The number of nitrogens with zero attached hydrogens (tertiary/aromatic N) is 1. The lowest BCUT2D eigenvalue weighted by atomic mass is 10.0. The minimum absolute atomic E-state index is 0.0275. The van der Waals surface area contributed by atoms with Crippen LogP contribution in [0.2, 0.25) is 15.1 Å². The highest BCUT2D eigenvalue weighted by Crippen LogP contribution is 2.32. The standard InChI is InChI=1S/C33H22Cl3NO7/c34-22-9-13-28(26(15-22)31(40)20-4-2-1-3-5-20)37-17-21(14-30(37)39)32(41)43-18-29(38)19-6-10-24(11-7-19)44-33(42)25-12-8-23(35)16-27(25)36/h1-13,15-16,21H,14,17-18H2/t21-/m1/s1. The fourth-order valence-corrected chi connectivity index (χ4v) is 5.29. The first-order valence-electron chi connectivity index (χ1n) is 13.3. The Morgan fingerprint density at radius 1 is 0.773 bits per heavy atom. The third-order valence-electron chi connectivity index (χ3n) is 6.87. The molecule has 5 rings (SSSR count). The molecule has 0 radical (unpaired) electrons. The van der Waals surface area contributed by atoms with E-state index in [1.165, 1.54) is 53.4 Å². The number of esters is 2. The lowest BCUT2D eigenvalue weighted by molar-refractivity contribution is -0.147. The Bertz CT molecular complexity index is 1770. The predicted molar refractivity (Wildman–Crippen MR) is 165 cm³/mol. The van der Waals surface area contributed by atoms with E-state index in [0.717, 1.165) is 0 Å². The molecule has 1 heterocycles. The SMILES string of the molecule is O=C(COC(=O)[C@@H]1CC(=O)N(c2ccc(Cl)cc2C(=O)c2ccccc2)C1)c1ccc(OC(=O)c2ccc(Cl)cc2Cl)cc1. The first-order chi connectivity index (χ1) is 21.1. The second-order valence-electron chi connectivity index (χ2n) is 9.83. The van der Waals surface area contributed by atoms with E-state index in [4.69, 9.17) is 44.3 Å². The van der Waals surface area contributed by atoms with E-state index in [1.54, 1.807) is 42.5 Å². The number of ketones is 2. The third-order valence-corrected chi connectivity index (χ3v) is 7.65. The number of carbonyl (C=O) groups is 5. The molecule has 0 aromatic heterocycles. The highest BCUT2D eigenvalue weighted by molar-refractivity contribution is 6.36. The lowest BCUT2D eigenvalue weighted by Gasteiger charge is -2.20. The molecule has 1 atom stereocenters. The quantitative estimate of drug-likeness (QED) is 0.110. The monoisotopic (exact) mass is 649 g/mol. The van der Waals surface area contributed by atoms with Gasteiger partial charge in [0.25, 0.3) is 0 Å². The van der Waals surface area contributed by atoms with Gasteiger partial charge in [-0.3, -0.25) is 19.2 Å². The summed E-state index contributed by atoms with van der Waals surface area (Å²) in [6.45, 7) is -0.581. The molecule has 222 valence electrons. The highest BCUT2D eigenvalue weighted by atomic mass is 35.5. The molecule has 1 saturated heterocycles. The van der Waals surface area contributed by atoms with Gasteiger partial charge in [0.1, 0.15) is 5.75 Å². The number of anilines is 1. The molecule has 0 aliphatic carbocycles. The van der Waals surface area contributed by atoms with Gasteiger partial charge in [0.2, 0.25) is 5.91 Å². The minimum Gasteiger partial charge on any atom is -0.457 e. The molecule has 11 heteroatoms. The van der Waals surface area contributed by atoms with Crippen molar-refractivity contribution >= 4 is 69.9 Å². The maximum Gasteiger partial charge on any atom is 0.345 e. The number of rotatable bonds is 9. The van der Waals surface area contributed by atoms with Crippen LogP contribution >= 0.6 is 34.8 Å². The van der Waals surface area contributed by atoms with Gasteiger partial charge in [0, 0.05) is 39.7 Å². The summed E-state index contributed by atoms with van der Waals surface area (Å²) in [4.78, 5) is 65.4. The molecule has 0 saturated carbocycles. The van der Waals surface area contributed by atoms with Crippen LogP contribution in [-0.4, -0.2) is 42.6 Å². The number of benzene rings is 4. The molecule has 4 aromatic carbocycles. The van der Waals surface area contributed by atoms with E-state index in [1.807, 2.05) is 0 Å². The van der Waals surface area contributed by atoms with Gasteiger partial charge in [-0.15, -0.1) is 0 Å². The van der Waals surface area contributed by atoms with Crippen LogP contribution in [0.1, 0.15) is 43.1 Å². The van der Waals surface area contributed by atoms with E-state index < -0.39 is 30.2 Å². The van der Waals surface area contributed by atoms with Gasteiger partial charge in [-0.25, -0.2) is 4.79 Å². The molecule has 4 aromatic rings. The summed E-state index contributed by atoms with van der Waals surface area (Å²) in [6, 6.07) is 23.2. The Kier molecular flexibility index (Phi) is 9.44. The number of Topliss-reactive ketones (excluding diaryl/α,β-unsaturated/α-hetero) is 1. The largest absolute Gasteiger partial charge is 0.457 e. The third kappa shape index (κ3) is 7.00. The number of hydrogen-bond donors (Lipinski definition) is 0. The van der Waals surface area contributed by atoms with Crippen molar-refractivity contribution in [3.63, 3.8) is 0 Å². The molecule has 0 bridgehead atoms. The first kappa shape index (κ1) is 30.9. The zero-order valence-corrected chi connectivity index (χ0v) is 25.1. The van der Waals surface area contributed by atoms with Gasteiger partial charge < -0.3 is 14.4 Å². The Hall–Kier alpha value is -4.50. The summed E-state index contributed by atoms with van der Waals surface area (Å²) in [5, 5.41) is 0.835. The van der Waals surface area contributed by atoms with Crippen molar-refractivity contribution in [1.29, 1.82) is 0 Å². The van der Waals surface area contributed by atoms with Gasteiger partial charge in [0.15, 0.2) is 18.2 Å². The summed E-state index contributed by atoms with van der Waals surface area (Å²) in [7, 11) is 0. The second kappa shape index (κ2) is 13.4. The van der Waals surface area contributed by atoms with Crippen LogP contribution in [0.3, 0.4) is 0 Å². The predicted octanol–water partition coefficient (Wildman–Crippen LogP) is 6.88. The molecule has 1 fully saturated rings. The van der Waals surface area contributed by atoms with Gasteiger partial charge in [-0.1, -0.05) is 65.1 Å². The molecule has 1 amide bonds. The van der Waals surface area contributed by atoms with Crippen LogP contribution in [-0.2, 0) is 14.3 Å². The Balaban J connectivity index is 1.19. The summed E-state index contributed by atoms with van der Waals surface area (Å²) in [5.41, 5.74) is 1.33. The van der Waals surface area contributed by atoms with Crippen molar-refractivity contribution in [2.45, 2.75) is 6.42 Å². The summed E-state index contributed by atoms with van der Waals surface area (Å²) < 4.78 is 10.6. The second-order valence-corrected chi connectivity index (χ2v) is 11.1. The lowest BCUT2D eigenvalue weighted by Crippen LogP contribution is -2.28. The van der Waals surface area contributed by atoms with Crippen molar-refractivity contribution < 1.29 is 33.4 Å². The smallest absolute Gasteiger partial charge is 0.345 e. The van der Waals surface area contributed by atoms with E-state index >= 15 is 0 Å². The minimum atomic E-state index is -0.841. The highest BCUT2D eigenvalue weighted by Gasteiger charge is 2.38. The topological polar surface area (TPSA) is 107 Å². The number of amides is 1. The molecule has 0 N–H and O–H groups in total. The molecular weight excluding hydrogens is 629 g/mol. The van der Waals surface area contributed by atoms with Crippen LogP contribution in [0, 0.1) is 5.92 Å². The van der Waals surface area contributed by atoms with Crippen LogP contribution in [0.4, 0.5) is 5.69 Å². The van der Waals surface area contributed by atoms with Crippen molar-refractivity contribution in [2.75, 3.05) is 18.1 Å².